The molecule has 0 spiro atoms. The SMILES string of the molecule is CNCCc1ccccc1C(=O)Cc1ccc(Br)cn1. The number of aromatic nitrogens is 1. The van der Waals surface area contributed by atoms with Gasteiger partial charge in [0.05, 0.1) is 6.42 Å². The lowest BCUT2D eigenvalue weighted by Crippen LogP contribution is -2.14. The number of nitrogens with zero attached hydrogens (tertiary/aromatic N) is 1. The van der Waals surface area contributed by atoms with Crippen LogP contribution in [0.1, 0.15) is 21.6 Å². The number of ketones is 1. The lowest BCUT2D eigenvalue weighted by molar-refractivity contribution is 0.0991. The Balaban J connectivity index is 2.14. The third-order valence-electron chi connectivity index (χ3n) is 3.09. The van der Waals surface area contributed by atoms with Crippen LogP contribution in [0.2, 0.25) is 0 Å². The standard InChI is InChI=1S/C16H17BrN2O/c1-18-9-8-12-4-2-3-5-15(12)16(20)10-14-7-6-13(17)11-19-14/h2-7,11,18H,8-10H2,1H3. The Labute approximate surface area is 127 Å². The Morgan fingerprint density at radius 2 is 2.05 bits per heavy atom. The summed E-state index contributed by atoms with van der Waals surface area (Å²) in [5.74, 6) is 0.117. The number of carbonyl (C=O) groups is 1. The molecule has 0 radical (unpaired) electrons. The van der Waals surface area contributed by atoms with E-state index in [1.807, 2.05) is 43.4 Å². The molecule has 0 saturated heterocycles. The van der Waals surface area contributed by atoms with Crippen molar-refractivity contribution in [3.05, 3.63) is 63.9 Å². The predicted octanol–water partition coefficient (Wildman–Crippen LogP) is 3.03. The number of halogens is 1. The Hall–Kier alpha value is -1.52. The molecular formula is C16H17BrN2O. The first-order valence-electron chi connectivity index (χ1n) is 6.57. The Morgan fingerprint density at radius 1 is 1.25 bits per heavy atom. The summed E-state index contributed by atoms with van der Waals surface area (Å²) < 4.78 is 0.920. The summed E-state index contributed by atoms with van der Waals surface area (Å²) >= 11 is 3.34. The molecule has 2 aromatic rings. The molecule has 1 aromatic carbocycles. The summed E-state index contributed by atoms with van der Waals surface area (Å²) in [7, 11) is 1.91. The van der Waals surface area contributed by atoms with Gasteiger partial charge in [-0.1, -0.05) is 24.3 Å². The number of hydrogen-bond acceptors (Lipinski definition) is 3. The van der Waals surface area contributed by atoms with Gasteiger partial charge in [0, 0.05) is 21.9 Å². The molecule has 0 bridgehead atoms. The van der Waals surface area contributed by atoms with Crippen LogP contribution in [0.5, 0.6) is 0 Å². The molecule has 4 heteroatoms. The summed E-state index contributed by atoms with van der Waals surface area (Å²) in [4.78, 5) is 16.7. The van der Waals surface area contributed by atoms with E-state index in [1.165, 1.54) is 0 Å². The van der Waals surface area contributed by atoms with Crippen molar-refractivity contribution in [3.63, 3.8) is 0 Å². The molecule has 0 aliphatic heterocycles. The number of pyridine rings is 1. The molecule has 1 N–H and O–H groups in total. The van der Waals surface area contributed by atoms with Gasteiger partial charge in [0.1, 0.15) is 0 Å². The quantitative estimate of drug-likeness (QED) is 0.827. The fraction of sp³-hybridized carbons (Fsp3) is 0.250. The molecule has 0 amide bonds. The second-order valence-electron chi connectivity index (χ2n) is 4.58. The van der Waals surface area contributed by atoms with Gasteiger partial charge in [-0.25, -0.2) is 0 Å². The van der Waals surface area contributed by atoms with Crippen molar-refractivity contribution in [2.75, 3.05) is 13.6 Å². The lowest BCUT2D eigenvalue weighted by Gasteiger charge is -2.08. The van der Waals surface area contributed by atoms with Crippen LogP contribution in [0.25, 0.3) is 0 Å². The minimum Gasteiger partial charge on any atom is -0.319 e. The first-order chi connectivity index (χ1) is 9.70. The molecule has 1 aromatic heterocycles. The molecule has 104 valence electrons. The van der Waals surface area contributed by atoms with Gasteiger partial charge in [-0.05, 0) is 53.6 Å². The number of rotatable bonds is 6. The molecule has 0 aliphatic carbocycles. The first-order valence-corrected chi connectivity index (χ1v) is 7.36. The van der Waals surface area contributed by atoms with E-state index < -0.39 is 0 Å². The minimum atomic E-state index is 0.117. The van der Waals surface area contributed by atoms with Gasteiger partial charge in [0.2, 0.25) is 0 Å². The van der Waals surface area contributed by atoms with E-state index in [2.05, 4.69) is 26.2 Å². The highest BCUT2D eigenvalue weighted by atomic mass is 79.9. The van der Waals surface area contributed by atoms with Crippen LogP contribution in [0.3, 0.4) is 0 Å². The van der Waals surface area contributed by atoms with E-state index in [4.69, 9.17) is 0 Å². The molecule has 0 aliphatic rings. The highest BCUT2D eigenvalue weighted by Gasteiger charge is 2.12. The van der Waals surface area contributed by atoms with Gasteiger partial charge >= 0.3 is 0 Å². The third kappa shape index (κ3) is 3.99. The molecule has 0 atom stereocenters. The van der Waals surface area contributed by atoms with Crippen molar-refractivity contribution in [2.24, 2.45) is 0 Å². The lowest BCUT2D eigenvalue weighted by atomic mass is 9.98. The van der Waals surface area contributed by atoms with Gasteiger partial charge in [0.25, 0.3) is 0 Å². The smallest absolute Gasteiger partial charge is 0.169 e. The fourth-order valence-electron chi connectivity index (χ4n) is 2.04. The van der Waals surface area contributed by atoms with E-state index in [0.717, 1.165) is 34.3 Å². The maximum atomic E-state index is 12.4. The van der Waals surface area contributed by atoms with Crippen molar-refractivity contribution >= 4 is 21.7 Å². The first kappa shape index (κ1) is 14.9. The second-order valence-corrected chi connectivity index (χ2v) is 5.49. The Kier molecular flexibility index (Phi) is 5.44. The van der Waals surface area contributed by atoms with Crippen LogP contribution in [0, 0.1) is 0 Å². The number of nitrogens with one attached hydrogen (secondary N) is 1. The second kappa shape index (κ2) is 7.31. The highest BCUT2D eigenvalue weighted by molar-refractivity contribution is 9.10. The van der Waals surface area contributed by atoms with Gasteiger partial charge in [-0.15, -0.1) is 0 Å². The maximum absolute atomic E-state index is 12.4. The average Bonchev–Trinajstić information content (AvgIpc) is 2.47. The van der Waals surface area contributed by atoms with Gasteiger partial charge in [0.15, 0.2) is 5.78 Å². The van der Waals surface area contributed by atoms with Crippen molar-refractivity contribution in [3.8, 4) is 0 Å². The largest absolute Gasteiger partial charge is 0.319 e. The van der Waals surface area contributed by atoms with Gasteiger partial charge in [-0.3, -0.25) is 9.78 Å². The van der Waals surface area contributed by atoms with Crippen molar-refractivity contribution < 1.29 is 4.79 Å². The van der Waals surface area contributed by atoms with Gasteiger partial charge < -0.3 is 5.32 Å². The van der Waals surface area contributed by atoms with Crippen LogP contribution in [-0.2, 0) is 12.8 Å². The molecule has 2 rings (SSSR count). The monoisotopic (exact) mass is 332 g/mol. The normalized spacial score (nSPS) is 10.5. The van der Waals surface area contributed by atoms with Crippen LogP contribution >= 0.6 is 15.9 Å². The summed E-state index contributed by atoms with van der Waals surface area (Å²) in [5.41, 5.74) is 2.68. The zero-order valence-corrected chi connectivity index (χ0v) is 13.0. The molecular weight excluding hydrogens is 316 g/mol. The molecule has 0 unspecified atom stereocenters. The average molecular weight is 333 g/mol. The van der Waals surface area contributed by atoms with Crippen LogP contribution in [0.15, 0.2) is 47.1 Å². The summed E-state index contributed by atoms with van der Waals surface area (Å²) in [6.45, 7) is 0.862. The molecule has 0 fully saturated rings. The fourth-order valence-corrected chi connectivity index (χ4v) is 2.28. The Bertz CT molecular complexity index is 581. The number of carbonyl (C=O) groups excluding carboxylic acids is 1. The highest BCUT2D eigenvalue weighted by Crippen LogP contribution is 2.14. The minimum absolute atomic E-state index is 0.117. The van der Waals surface area contributed by atoms with E-state index >= 15 is 0 Å². The number of likely N-dealkylation sites (N-methyl/N-ethyl adjacent to an activating group) is 1. The summed E-state index contributed by atoms with van der Waals surface area (Å²) in [5, 5.41) is 3.11. The van der Waals surface area contributed by atoms with Crippen LogP contribution in [-0.4, -0.2) is 24.4 Å². The summed E-state index contributed by atoms with van der Waals surface area (Å²) in [6, 6.07) is 11.6. The topological polar surface area (TPSA) is 42.0 Å². The van der Waals surface area contributed by atoms with Crippen molar-refractivity contribution in [1.29, 1.82) is 0 Å². The van der Waals surface area contributed by atoms with Crippen LogP contribution in [0.4, 0.5) is 0 Å². The maximum Gasteiger partial charge on any atom is 0.169 e. The Morgan fingerprint density at radius 3 is 2.75 bits per heavy atom. The van der Waals surface area contributed by atoms with Crippen molar-refractivity contribution in [2.45, 2.75) is 12.8 Å². The third-order valence-corrected chi connectivity index (χ3v) is 3.56. The zero-order valence-electron chi connectivity index (χ0n) is 11.4. The summed E-state index contributed by atoms with van der Waals surface area (Å²) in [6.07, 6.45) is 2.91. The number of Topliss-reactive ketones (excluding diaryl/α,β-unsaturated/α-hetero) is 1. The van der Waals surface area contributed by atoms with E-state index in [9.17, 15) is 4.79 Å². The number of hydrogen-bond donors (Lipinski definition) is 1. The molecule has 0 saturated carbocycles. The zero-order chi connectivity index (χ0) is 14.4. The van der Waals surface area contributed by atoms with Crippen molar-refractivity contribution in [1.82, 2.24) is 10.3 Å². The van der Waals surface area contributed by atoms with E-state index in [1.54, 1.807) is 6.20 Å². The number of benzene rings is 1. The molecule has 20 heavy (non-hydrogen) atoms. The molecule has 3 nitrogen and oxygen atoms in total. The van der Waals surface area contributed by atoms with E-state index in [-0.39, 0.29) is 5.78 Å². The molecule has 1 heterocycles. The predicted molar refractivity (Wildman–Crippen MR) is 84.0 cm³/mol. The van der Waals surface area contributed by atoms with Crippen LogP contribution < -0.4 is 5.32 Å². The van der Waals surface area contributed by atoms with E-state index in [0.29, 0.717) is 6.42 Å². The van der Waals surface area contributed by atoms with Gasteiger partial charge in [-0.2, -0.15) is 0 Å².